The van der Waals surface area contributed by atoms with Crippen molar-refractivity contribution >= 4 is 23.5 Å². The average molecular weight is 513 g/mol. The molecule has 1 aliphatic rings. The number of H-pyrrole nitrogens is 1. The van der Waals surface area contributed by atoms with Gasteiger partial charge in [0.2, 0.25) is 0 Å². The molecule has 0 saturated carbocycles. The Balaban J connectivity index is 2.12. The molecule has 0 amide bonds. The van der Waals surface area contributed by atoms with Crippen LogP contribution in [0.5, 0.6) is 0 Å². The largest absolute Gasteiger partial charge is 0.490 e. The molecule has 6 atom stereocenters. The summed E-state index contributed by atoms with van der Waals surface area (Å²) < 4.78 is 51.0. The Kier molecular flexibility index (Phi) is 7.96. The van der Waals surface area contributed by atoms with E-state index in [0.29, 0.717) is 0 Å². The van der Waals surface area contributed by atoms with Gasteiger partial charge in [0, 0.05) is 6.20 Å². The van der Waals surface area contributed by atoms with Crippen LogP contribution in [0.3, 0.4) is 0 Å². The number of aliphatic hydroxyl groups is 2. The van der Waals surface area contributed by atoms with Crippen molar-refractivity contribution in [3.8, 4) is 0 Å². The first-order valence-electron chi connectivity index (χ1n) is 7.89. The number of nitrogens with two attached hydrogens (primary N) is 1. The van der Waals surface area contributed by atoms with Gasteiger partial charge in [-0.25, -0.2) is 18.5 Å². The van der Waals surface area contributed by atoms with Crippen molar-refractivity contribution in [1.82, 2.24) is 9.55 Å². The van der Waals surface area contributed by atoms with Crippen LogP contribution in [-0.4, -0.2) is 64.3 Å². The molecule has 0 spiro atoms. The number of hydrogen-bond donors (Lipinski definition) is 8. The minimum atomic E-state index is -5.75. The van der Waals surface area contributed by atoms with Gasteiger partial charge in [0.1, 0.15) is 24.4 Å². The molecule has 1 aliphatic heterocycles. The SMILES string of the molecule is NCn1cc([C@@H]2O[C@H](COP(=O)(O)OP(=O)(O)OP(=O)(O)O)[C@@H](O)[C@H]2O)c(=O)[nH]c1=O. The Morgan fingerprint density at radius 3 is 2.23 bits per heavy atom. The molecular formula is C10H18N3O15P3. The molecule has 31 heavy (non-hydrogen) atoms. The van der Waals surface area contributed by atoms with E-state index in [0.717, 1.165) is 10.8 Å². The van der Waals surface area contributed by atoms with E-state index in [9.17, 15) is 38.4 Å². The summed E-state index contributed by atoms with van der Waals surface area (Å²) in [6, 6.07) is 0. The van der Waals surface area contributed by atoms with Crippen LogP contribution in [0, 0.1) is 0 Å². The second kappa shape index (κ2) is 9.43. The topological polar surface area (TPSA) is 290 Å². The molecule has 9 N–H and O–H groups in total. The first kappa shape index (κ1) is 26.2. The zero-order valence-electron chi connectivity index (χ0n) is 15.0. The van der Waals surface area contributed by atoms with E-state index < -0.39 is 65.7 Å². The van der Waals surface area contributed by atoms with Crippen LogP contribution in [-0.2, 0) is 38.2 Å². The molecule has 1 aromatic rings. The third kappa shape index (κ3) is 6.95. The van der Waals surface area contributed by atoms with E-state index in [1.54, 1.807) is 0 Å². The standard InChI is InChI=1S/C10H18N3O15P3/c11-3-13-1-4(9(16)12-10(13)17)8-7(15)6(14)5(26-8)2-25-30(21,22)28-31(23,24)27-29(18,19)20/h1,5-8,14-15H,2-3,11H2,(H,21,22)(H,23,24)(H,12,16,17)(H2,18,19,20)/t5-,6-,7-,8+/m1/s1. The van der Waals surface area contributed by atoms with E-state index in [-0.39, 0.29) is 12.2 Å². The first-order chi connectivity index (χ1) is 14.1. The van der Waals surface area contributed by atoms with Gasteiger partial charge < -0.3 is 40.3 Å². The highest BCUT2D eigenvalue weighted by Crippen LogP contribution is 2.66. The molecule has 178 valence electrons. The smallest absolute Gasteiger partial charge is 0.387 e. The predicted octanol–water partition coefficient (Wildman–Crippen LogP) is -3.04. The molecular weight excluding hydrogens is 495 g/mol. The number of nitrogens with zero attached hydrogens (tertiary/aromatic N) is 1. The summed E-state index contributed by atoms with van der Waals surface area (Å²) in [5, 5.41) is 20.2. The minimum Gasteiger partial charge on any atom is -0.387 e. The molecule has 0 aromatic carbocycles. The highest BCUT2D eigenvalue weighted by molar-refractivity contribution is 7.66. The number of hydrogen-bond acceptors (Lipinski definition) is 12. The Morgan fingerprint density at radius 1 is 1.06 bits per heavy atom. The Hall–Kier alpha value is -1.07. The van der Waals surface area contributed by atoms with Crippen molar-refractivity contribution < 1.29 is 61.4 Å². The molecule has 2 heterocycles. The maximum atomic E-state index is 12.0. The second-order valence-corrected chi connectivity index (χ2v) is 10.4. The fourth-order valence-electron chi connectivity index (χ4n) is 2.48. The maximum absolute atomic E-state index is 12.0. The third-order valence-corrected chi connectivity index (χ3v) is 7.52. The summed E-state index contributed by atoms with van der Waals surface area (Å²) in [5.74, 6) is 0. The molecule has 1 aromatic heterocycles. The van der Waals surface area contributed by atoms with Gasteiger partial charge in [-0.15, -0.1) is 0 Å². The minimum absolute atomic E-state index is 0.322. The lowest BCUT2D eigenvalue weighted by Gasteiger charge is -2.19. The van der Waals surface area contributed by atoms with Crippen LogP contribution in [0.4, 0.5) is 0 Å². The molecule has 1 saturated heterocycles. The van der Waals surface area contributed by atoms with E-state index in [1.807, 2.05) is 4.98 Å². The van der Waals surface area contributed by atoms with Crippen LogP contribution in [0.1, 0.15) is 11.7 Å². The van der Waals surface area contributed by atoms with Gasteiger partial charge in [0.15, 0.2) is 0 Å². The second-order valence-electron chi connectivity index (χ2n) is 5.96. The average Bonchev–Trinajstić information content (AvgIpc) is 2.85. The summed E-state index contributed by atoms with van der Waals surface area (Å²) in [6.07, 6.45) is -5.75. The van der Waals surface area contributed by atoms with E-state index >= 15 is 0 Å². The molecule has 0 aliphatic carbocycles. The van der Waals surface area contributed by atoms with E-state index in [2.05, 4.69) is 13.1 Å². The van der Waals surface area contributed by atoms with Gasteiger partial charge >= 0.3 is 29.2 Å². The zero-order chi connectivity index (χ0) is 23.8. The fourth-order valence-corrected chi connectivity index (χ4v) is 5.51. The van der Waals surface area contributed by atoms with Crippen molar-refractivity contribution in [3.63, 3.8) is 0 Å². The molecule has 2 rings (SSSR count). The van der Waals surface area contributed by atoms with Crippen LogP contribution in [0.15, 0.2) is 15.8 Å². The lowest BCUT2D eigenvalue weighted by Crippen LogP contribution is -2.37. The number of ether oxygens (including phenoxy) is 1. The summed E-state index contributed by atoms with van der Waals surface area (Å²) in [6.45, 7) is -1.41. The van der Waals surface area contributed by atoms with E-state index in [4.69, 9.17) is 25.2 Å². The van der Waals surface area contributed by atoms with Gasteiger partial charge in [-0.1, -0.05) is 0 Å². The van der Waals surface area contributed by atoms with E-state index in [1.165, 1.54) is 0 Å². The van der Waals surface area contributed by atoms with Crippen LogP contribution in [0.25, 0.3) is 0 Å². The zero-order valence-corrected chi connectivity index (χ0v) is 17.7. The van der Waals surface area contributed by atoms with Crippen molar-refractivity contribution in [2.45, 2.75) is 31.1 Å². The van der Waals surface area contributed by atoms with Gasteiger partial charge in [0.05, 0.1) is 18.8 Å². The first-order valence-corrected chi connectivity index (χ1v) is 12.4. The van der Waals surface area contributed by atoms with Crippen molar-refractivity contribution in [2.75, 3.05) is 6.61 Å². The van der Waals surface area contributed by atoms with Crippen LogP contribution >= 0.6 is 23.5 Å². The van der Waals surface area contributed by atoms with Crippen molar-refractivity contribution in [2.24, 2.45) is 5.73 Å². The van der Waals surface area contributed by atoms with Gasteiger partial charge in [0.25, 0.3) is 5.56 Å². The van der Waals surface area contributed by atoms with Gasteiger partial charge in [-0.3, -0.25) is 18.9 Å². The summed E-state index contributed by atoms with van der Waals surface area (Å²) in [5.41, 5.74) is 3.19. The molecule has 18 nitrogen and oxygen atoms in total. The Morgan fingerprint density at radius 2 is 1.68 bits per heavy atom. The van der Waals surface area contributed by atoms with Crippen LogP contribution in [0.2, 0.25) is 0 Å². The normalized spacial score (nSPS) is 28.2. The monoisotopic (exact) mass is 513 g/mol. The molecule has 21 heteroatoms. The predicted molar refractivity (Wildman–Crippen MR) is 95.0 cm³/mol. The van der Waals surface area contributed by atoms with Crippen molar-refractivity contribution in [1.29, 1.82) is 0 Å². The number of rotatable bonds is 9. The lowest BCUT2D eigenvalue weighted by atomic mass is 10.0. The van der Waals surface area contributed by atoms with Crippen molar-refractivity contribution in [3.05, 3.63) is 32.6 Å². The Labute approximate surface area is 171 Å². The summed E-state index contributed by atoms with van der Waals surface area (Å²) in [4.78, 5) is 60.9. The lowest BCUT2D eigenvalue weighted by molar-refractivity contribution is -0.0228. The fraction of sp³-hybridized carbons (Fsp3) is 0.600. The highest BCUT2D eigenvalue weighted by atomic mass is 31.3. The highest BCUT2D eigenvalue weighted by Gasteiger charge is 2.47. The number of aromatic amines is 1. The van der Waals surface area contributed by atoms with Gasteiger partial charge in [-0.05, 0) is 0 Å². The molecule has 0 bridgehead atoms. The summed E-state index contributed by atoms with van der Waals surface area (Å²) >= 11 is 0. The molecule has 1 fully saturated rings. The number of aromatic nitrogens is 2. The maximum Gasteiger partial charge on any atom is 0.490 e. The number of aliphatic hydroxyl groups excluding tert-OH is 2. The number of nitrogens with one attached hydrogen (secondary N) is 1. The summed E-state index contributed by atoms with van der Waals surface area (Å²) in [7, 11) is -16.8. The molecule has 0 radical (unpaired) electrons. The molecule has 2 unspecified atom stereocenters. The third-order valence-electron chi connectivity index (χ3n) is 3.72. The Bertz CT molecular complexity index is 1060. The quantitative estimate of drug-likeness (QED) is 0.152. The number of phosphoric ester groups is 1. The van der Waals surface area contributed by atoms with Gasteiger partial charge in [-0.2, -0.15) is 8.62 Å². The van der Waals surface area contributed by atoms with Crippen LogP contribution < -0.4 is 17.0 Å². The number of phosphoric acid groups is 3.